The van der Waals surface area contributed by atoms with Crippen molar-refractivity contribution in [1.29, 1.82) is 0 Å². The number of aliphatic hydroxyl groups excluding tert-OH is 1. The Bertz CT molecular complexity index is 512. The smallest absolute Gasteiger partial charge is 0.260 e. The van der Waals surface area contributed by atoms with Gasteiger partial charge in [-0.1, -0.05) is 0 Å². The zero-order valence-corrected chi connectivity index (χ0v) is 11.6. The second kappa shape index (κ2) is 6.82. The van der Waals surface area contributed by atoms with E-state index in [-0.39, 0.29) is 37.0 Å². The van der Waals surface area contributed by atoms with E-state index in [2.05, 4.69) is 0 Å². The second-order valence-corrected chi connectivity index (χ2v) is 4.84. The molecule has 5 nitrogen and oxygen atoms in total. The molecular formula is C14H17F2NO4. The molecule has 7 heteroatoms. The molecule has 0 saturated carbocycles. The molecular weight excluding hydrogens is 284 g/mol. The van der Waals surface area contributed by atoms with Crippen molar-refractivity contribution in [2.45, 2.75) is 18.6 Å². The van der Waals surface area contributed by atoms with Gasteiger partial charge in [-0.15, -0.1) is 0 Å². The fourth-order valence-corrected chi connectivity index (χ4v) is 2.34. The molecule has 0 unspecified atom stereocenters. The van der Waals surface area contributed by atoms with Crippen molar-refractivity contribution in [1.82, 2.24) is 4.90 Å². The molecule has 116 valence electrons. The normalized spacial score (nSPS) is 21.6. The molecule has 1 aromatic carbocycles. The van der Waals surface area contributed by atoms with Gasteiger partial charge in [0, 0.05) is 19.7 Å². The molecule has 1 amide bonds. The molecule has 0 bridgehead atoms. The van der Waals surface area contributed by atoms with Crippen LogP contribution in [0, 0.1) is 11.6 Å². The third kappa shape index (κ3) is 3.68. The largest absolute Gasteiger partial charge is 0.481 e. The zero-order valence-electron chi connectivity index (χ0n) is 11.6. The van der Waals surface area contributed by atoms with Gasteiger partial charge in [0.1, 0.15) is 5.82 Å². The van der Waals surface area contributed by atoms with Crippen molar-refractivity contribution in [3.63, 3.8) is 0 Å². The summed E-state index contributed by atoms with van der Waals surface area (Å²) in [7, 11) is 1.54. The van der Waals surface area contributed by atoms with Crippen molar-refractivity contribution < 1.29 is 28.2 Å². The molecule has 0 aromatic heterocycles. The number of aliphatic hydroxyl groups is 1. The van der Waals surface area contributed by atoms with Gasteiger partial charge in [0.05, 0.1) is 18.8 Å². The Kier molecular flexibility index (Phi) is 5.08. The first-order valence-electron chi connectivity index (χ1n) is 6.56. The Morgan fingerprint density at radius 1 is 1.48 bits per heavy atom. The van der Waals surface area contributed by atoms with Gasteiger partial charge in [-0.05, 0) is 18.6 Å². The zero-order chi connectivity index (χ0) is 15.4. The summed E-state index contributed by atoms with van der Waals surface area (Å²) in [5.74, 6) is -2.14. The summed E-state index contributed by atoms with van der Waals surface area (Å²) in [6.07, 6.45) is 0.414. The predicted molar refractivity (Wildman–Crippen MR) is 69.9 cm³/mol. The van der Waals surface area contributed by atoms with Gasteiger partial charge in [-0.25, -0.2) is 8.78 Å². The van der Waals surface area contributed by atoms with Crippen LogP contribution in [-0.2, 0) is 9.53 Å². The van der Waals surface area contributed by atoms with Crippen LogP contribution in [0.3, 0.4) is 0 Å². The highest BCUT2D eigenvalue weighted by Crippen LogP contribution is 2.21. The number of benzene rings is 1. The van der Waals surface area contributed by atoms with E-state index in [1.807, 2.05) is 0 Å². The van der Waals surface area contributed by atoms with Gasteiger partial charge in [0.25, 0.3) is 5.91 Å². The van der Waals surface area contributed by atoms with Crippen LogP contribution in [0.1, 0.15) is 6.42 Å². The maximum Gasteiger partial charge on any atom is 0.260 e. The Morgan fingerprint density at radius 3 is 2.86 bits per heavy atom. The van der Waals surface area contributed by atoms with E-state index >= 15 is 0 Å². The summed E-state index contributed by atoms with van der Waals surface area (Å²) in [4.78, 5) is 13.5. The van der Waals surface area contributed by atoms with Crippen molar-refractivity contribution >= 4 is 5.91 Å². The van der Waals surface area contributed by atoms with Crippen LogP contribution >= 0.6 is 0 Å². The van der Waals surface area contributed by atoms with Crippen LogP contribution in [0.25, 0.3) is 0 Å². The molecule has 1 aliphatic rings. The minimum Gasteiger partial charge on any atom is -0.481 e. The molecule has 0 spiro atoms. The number of carbonyl (C=O) groups excluding carboxylic acids is 1. The maximum atomic E-state index is 13.4. The molecule has 1 N–H and O–H groups in total. The van der Waals surface area contributed by atoms with Gasteiger partial charge in [0.15, 0.2) is 18.2 Å². The molecule has 1 saturated heterocycles. The molecule has 1 aliphatic heterocycles. The number of carbonyl (C=O) groups is 1. The van der Waals surface area contributed by atoms with Gasteiger partial charge in [-0.2, -0.15) is 0 Å². The fourth-order valence-electron chi connectivity index (χ4n) is 2.34. The highest BCUT2D eigenvalue weighted by molar-refractivity contribution is 5.78. The van der Waals surface area contributed by atoms with Crippen molar-refractivity contribution in [3.05, 3.63) is 29.8 Å². The monoisotopic (exact) mass is 301 g/mol. The van der Waals surface area contributed by atoms with E-state index in [1.165, 1.54) is 12.0 Å². The Hall–Kier alpha value is -1.73. The molecule has 1 aromatic rings. The number of nitrogens with zero attached hydrogens (tertiary/aromatic N) is 1. The van der Waals surface area contributed by atoms with Crippen LogP contribution in [0.4, 0.5) is 8.78 Å². The van der Waals surface area contributed by atoms with Crippen molar-refractivity contribution in [2.24, 2.45) is 0 Å². The minimum atomic E-state index is -0.863. The minimum absolute atomic E-state index is 0.131. The number of rotatable bonds is 5. The van der Waals surface area contributed by atoms with Gasteiger partial charge in [0.2, 0.25) is 0 Å². The Balaban J connectivity index is 1.95. The fraction of sp³-hybridized carbons (Fsp3) is 0.500. The number of hydrogen-bond acceptors (Lipinski definition) is 4. The number of amides is 1. The Labute approximate surface area is 121 Å². The van der Waals surface area contributed by atoms with Gasteiger partial charge >= 0.3 is 0 Å². The van der Waals surface area contributed by atoms with Crippen molar-refractivity contribution in [3.8, 4) is 5.75 Å². The molecule has 1 heterocycles. The molecule has 0 aliphatic carbocycles. The molecule has 21 heavy (non-hydrogen) atoms. The highest BCUT2D eigenvalue weighted by atomic mass is 19.1. The SMILES string of the molecule is CO[C@H]1C[C@@H](CO)N(C(=O)COc2ccc(F)cc2F)C1. The van der Waals surface area contributed by atoms with E-state index in [0.29, 0.717) is 19.0 Å². The van der Waals surface area contributed by atoms with E-state index < -0.39 is 11.6 Å². The van der Waals surface area contributed by atoms with E-state index in [4.69, 9.17) is 9.47 Å². The topological polar surface area (TPSA) is 59.0 Å². The Morgan fingerprint density at radius 2 is 2.24 bits per heavy atom. The first kappa shape index (κ1) is 15.7. The lowest BCUT2D eigenvalue weighted by Crippen LogP contribution is -2.40. The number of ether oxygens (including phenoxy) is 2. The average Bonchev–Trinajstić information content (AvgIpc) is 2.89. The standard InChI is InChI=1S/C14H17F2NO4/c1-20-11-5-10(7-18)17(6-11)14(19)8-21-13-3-2-9(15)4-12(13)16/h2-4,10-11,18H,5-8H2,1H3/t10-,11-/m0/s1. The molecule has 0 radical (unpaired) electrons. The molecule has 1 fully saturated rings. The quantitative estimate of drug-likeness (QED) is 0.880. The van der Waals surface area contributed by atoms with E-state index in [0.717, 1.165) is 12.1 Å². The molecule has 2 atom stereocenters. The van der Waals surface area contributed by atoms with Crippen LogP contribution in [-0.4, -0.2) is 54.9 Å². The summed E-state index contributed by atoms with van der Waals surface area (Å²) >= 11 is 0. The number of methoxy groups -OCH3 is 1. The first-order chi connectivity index (χ1) is 10.0. The van der Waals surface area contributed by atoms with Crippen LogP contribution < -0.4 is 4.74 Å². The predicted octanol–water partition coefficient (Wildman–Crippen LogP) is 0.952. The number of hydrogen-bond donors (Lipinski definition) is 1. The average molecular weight is 301 g/mol. The summed E-state index contributed by atoms with van der Waals surface area (Å²) in [6, 6.07) is 2.54. The van der Waals surface area contributed by atoms with Crippen molar-refractivity contribution in [2.75, 3.05) is 26.9 Å². The second-order valence-electron chi connectivity index (χ2n) is 4.84. The summed E-state index contributed by atoms with van der Waals surface area (Å²) in [6.45, 7) is -0.193. The number of halogens is 2. The van der Waals surface area contributed by atoms with Gasteiger partial charge in [-0.3, -0.25) is 4.79 Å². The van der Waals surface area contributed by atoms with Crippen LogP contribution in [0.2, 0.25) is 0 Å². The lowest BCUT2D eigenvalue weighted by atomic mass is 10.2. The van der Waals surface area contributed by atoms with E-state index in [9.17, 15) is 18.7 Å². The third-order valence-electron chi connectivity index (χ3n) is 3.49. The van der Waals surface area contributed by atoms with Crippen LogP contribution in [0.15, 0.2) is 18.2 Å². The van der Waals surface area contributed by atoms with E-state index in [1.54, 1.807) is 0 Å². The van der Waals surface area contributed by atoms with Gasteiger partial charge < -0.3 is 19.5 Å². The molecule has 2 rings (SSSR count). The lowest BCUT2D eigenvalue weighted by Gasteiger charge is -2.22. The maximum absolute atomic E-state index is 13.4. The first-order valence-corrected chi connectivity index (χ1v) is 6.56. The summed E-state index contributed by atoms with van der Waals surface area (Å²) in [5, 5.41) is 9.27. The lowest BCUT2D eigenvalue weighted by molar-refractivity contribution is -0.135. The summed E-state index contributed by atoms with van der Waals surface area (Å²) in [5.41, 5.74) is 0. The van der Waals surface area contributed by atoms with Crippen LogP contribution in [0.5, 0.6) is 5.75 Å². The third-order valence-corrected chi connectivity index (χ3v) is 3.49. The highest BCUT2D eigenvalue weighted by Gasteiger charge is 2.34. The number of likely N-dealkylation sites (tertiary alicyclic amines) is 1. The summed E-state index contributed by atoms with van der Waals surface area (Å²) < 4.78 is 36.4.